The maximum absolute atomic E-state index is 13.0. The molecule has 0 spiro atoms. The molecule has 2 aromatic rings. The summed E-state index contributed by atoms with van der Waals surface area (Å²) in [5.41, 5.74) is 0.572. The van der Waals surface area contributed by atoms with Gasteiger partial charge in [0.15, 0.2) is 5.78 Å². The maximum Gasteiger partial charge on any atom is 0.431 e. The van der Waals surface area contributed by atoms with Gasteiger partial charge in [-0.15, -0.1) is 11.3 Å². The molecule has 5 nitrogen and oxygen atoms in total. The summed E-state index contributed by atoms with van der Waals surface area (Å²) in [4.78, 5) is 23.9. The molecule has 0 aliphatic rings. The number of nitrogens with zero attached hydrogens (tertiary/aromatic N) is 1. The fourth-order valence-corrected chi connectivity index (χ4v) is 2.47. The third kappa shape index (κ3) is 5.15. The zero-order chi connectivity index (χ0) is 18.4. The highest BCUT2D eigenvalue weighted by Gasteiger charge is 2.37. The van der Waals surface area contributed by atoms with Crippen LogP contribution in [0.15, 0.2) is 46.9 Å². The molecule has 0 bridgehead atoms. The van der Waals surface area contributed by atoms with Gasteiger partial charge in [0.2, 0.25) is 0 Å². The van der Waals surface area contributed by atoms with E-state index in [1.165, 1.54) is 37.4 Å². The Morgan fingerprint density at radius 1 is 1.20 bits per heavy atom. The van der Waals surface area contributed by atoms with E-state index in [4.69, 9.17) is 4.74 Å². The van der Waals surface area contributed by atoms with Gasteiger partial charge in [0.05, 0.1) is 18.4 Å². The molecule has 0 saturated carbocycles. The molecular formula is C16H13F3N2O3S. The zero-order valence-corrected chi connectivity index (χ0v) is 13.8. The van der Waals surface area contributed by atoms with E-state index in [2.05, 4.69) is 5.10 Å². The number of amides is 1. The third-order valence-corrected chi connectivity index (χ3v) is 4.01. The second kappa shape index (κ2) is 7.93. The highest BCUT2D eigenvalue weighted by atomic mass is 32.1. The number of nitrogens with one attached hydrogen (secondary N) is 1. The van der Waals surface area contributed by atoms with Crippen molar-refractivity contribution >= 4 is 28.7 Å². The van der Waals surface area contributed by atoms with Gasteiger partial charge in [0.25, 0.3) is 5.91 Å². The molecule has 0 unspecified atom stereocenters. The molecule has 0 aliphatic carbocycles. The molecule has 132 valence electrons. The Labute approximate surface area is 145 Å². The second-order valence-corrected chi connectivity index (χ2v) is 5.75. The summed E-state index contributed by atoms with van der Waals surface area (Å²) in [5.74, 6) is -1.05. The van der Waals surface area contributed by atoms with Crippen molar-refractivity contribution in [3.63, 3.8) is 0 Å². The summed E-state index contributed by atoms with van der Waals surface area (Å²) in [6.07, 6.45) is -5.78. The lowest BCUT2D eigenvalue weighted by Gasteiger charge is -2.10. The largest absolute Gasteiger partial charge is 0.497 e. The van der Waals surface area contributed by atoms with E-state index in [-0.39, 0.29) is 10.4 Å². The predicted octanol–water partition coefficient (Wildman–Crippen LogP) is 3.68. The molecule has 0 saturated heterocycles. The molecule has 0 atom stereocenters. The molecule has 9 heteroatoms. The number of ketones is 1. The molecule has 2 rings (SSSR count). The lowest BCUT2D eigenvalue weighted by Crippen LogP contribution is -2.30. The number of hydrogen-bond donors (Lipinski definition) is 1. The highest BCUT2D eigenvalue weighted by Crippen LogP contribution is 2.22. The SMILES string of the molecule is COc1ccc(C(=O)N/N=C(/CC(=O)c2cccs2)C(F)(F)F)cc1. The zero-order valence-electron chi connectivity index (χ0n) is 13.0. The molecule has 1 heterocycles. The molecule has 25 heavy (non-hydrogen) atoms. The van der Waals surface area contributed by atoms with E-state index in [0.29, 0.717) is 5.75 Å². The number of Topliss-reactive ketones (excluding diaryl/α,β-unsaturated/α-hetero) is 1. The first-order valence-corrected chi connectivity index (χ1v) is 7.84. The van der Waals surface area contributed by atoms with Gasteiger partial charge in [0.1, 0.15) is 11.5 Å². The van der Waals surface area contributed by atoms with Gasteiger partial charge in [-0.25, -0.2) is 5.43 Å². The lowest BCUT2D eigenvalue weighted by molar-refractivity contribution is -0.0605. The fourth-order valence-electron chi connectivity index (χ4n) is 1.80. The summed E-state index contributed by atoms with van der Waals surface area (Å²) in [7, 11) is 1.44. The van der Waals surface area contributed by atoms with Gasteiger partial charge in [-0.2, -0.15) is 18.3 Å². The van der Waals surface area contributed by atoms with E-state index in [1.54, 1.807) is 11.4 Å². The van der Waals surface area contributed by atoms with Crippen molar-refractivity contribution in [3.05, 3.63) is 52.2 Å². The summed E-state index contributed by atoms with van der Waals surface area (Å²) in [5, 5.41) is 4.69. The number of hydrazone groups is 1. The number of hydrogen-bond acceptors (Lipinski definition) is 5. The predicted molar refractivity (Wildman–Crippen MR) is 87.2 cm³/mol. The van der Waals surface area contributed by atoms with Crippen molar-refractivity contribution in [1.82, 2.24) is 5.43 Å². The Morgan fingerprint density at radius 2 is 1.88 bits per heavy atom. The Hall–Kier alpha value is -2.68. The quantitative estimate of drug-likeness (QED) is 0.479. The third-order valence-electron chi connectivity index (χ3n) is 3.10. The van der Waals surface area contributed by atoms with Gasteiger partial charge in [-0.05, 0) is 35.7 Å². The number of ether oxygens (including phenoxy) is 1. The molecule has 0 fully saturated rings. The first-order valence-electron chi connectivity index (χ1n) is 6.96. The van der Waals surface area contributed by atoms with Crippen LogP contribution in [0.4, 0.5) is 13.2 Å². The first-order chi connectivity index (χ1) is 11.8. The van der Waals surface area contributed by atoms with E-state index in [0.717, 1.165) is 11.3 Å². The minimum absolute atomic E-state index is 0.107. The van der Waals surface area contributed by atoms with Gasteiger partial charge in [0, 0.05) is 5.56 Å². The van der Waals surface area contributed by atoms with Crippen LogP contribution in [-0.2, 0) is 0 Å². The van der Waals surface area contributed by atoms with Crippen molar-refractivity contribution in [2.24, 2.45) is 5.10 Å². The average molecular weight is 370 g/mol. The lowest BCUT2D eigenvalue weighted by atomic mass is 10.1. The van der Waals surface area contributed by atoms with Gasteiger partial charge in [-0.3, -0.25) is 9.59 Å². The Balaban J connectivity index is 2.11. The van der Waals surface area contributed by atoms with Crippen molar-refractivity contribution in [3.8, 4) is 5.75 Å². The minimum atomic E-state index is -4.83. The van der Waals surface area contributed by atoms with Crippen LogP contribution in [0, 0.1) is 0 Å². The molecule has 0 aliphatic heterocycles. The van der Waals surface area contributed by atoms with Crippen LogP contribution in [0.3, 0.4) is 0 Å². The topological polar surface area (TPSA) is 67.8 Å². The number of alkyl halides is 3. The average Bonchev–Trinajstić information content (AvgIpc) is 3.12. The summed E-state index contributed by atoms with van der Waals surface area (Å²) < 4.78 is 44.0. The first kappa shape index (κ1) is 18.7. The number of halogens is 3. The van der Waals surface area contributed by atoms with Gasteiger partial charge in [-0.1, -0.05) is 6.07 Å². The smallest absolute Gasteiger partial charge is 0.431 e. The van der Waals surface area contributed by atoms with E-state index in [9.17, 15) is 22.8 Å². The van der Waals surface area contributed by atoms with Crippen molar-refractivity contribution in [2.45, 2.75) is 12.6 Å². The van der Waals surface area contributed by atoms with Crippen LogP contribution in [0.5, 0.6) is 5.75 Å². The Kier molecular flexibility index (Phi) is 5.92. The van der Waals surface area contributed by atoms with Crippen LogP contribution < -0.4 is 10.2 Å². The summed E-state index contributed by atoms with van der Waals surface area (Å²) >= 11 is 1.04. The monoisotopic (exact) mass is 370 g/mol. The number of carbonyl (C=O) groups is 2. The van der Waals surface area contributed by atoms with E-state index in [1.807, 2.05) is 5.43 Å². The van der Waals surface area contributed by atoms with Crippen molar-refractivity contribution in [1.29, 1.82) is 0 Å². The maximum atomic E-state index is 13.0. The standard InChI is InChI=1S/C16H13F3N2O3S/c1-24-11-6-4-10(5-7-11)15(23)21-20-14(16(17,18)19)9-12(22)13-3-2-8-25-13/h2-8H,9H2,1H3,(H,21,23)/b20-14-. The van der Waals surface area contributed by atoms with Crippen LogP contribution in [0.1, 0.15) is 26.5 Å². The molecule has 0 radical (unpaired) electrons. The highest BCUT2D eigenvalue weighted by molar-refractivity contribution is 7.12. The molecular weight excluding hydrogens is 357 g/mol. The molecule has 1 amide bonds. The minimum Gasteiger partial charge on any atom is -0.497 e. The van der Waals surface area contributed by atoms with Crippen LogP contribution >= 0.6 is 11.3 Å². The van der Waals surface area contributed by atoms with Crippen molar-refractivity contribution < 1.29 is 27.5 Å². The second-order valence-electron chi connectivity index (χ2n) is 4.80. The van der Waals surface area contributed by atoms with Crippen LogP contribution in [0.2, 0.25) is 0 Å². The summed E-state index contributed by atoms with van der Waals surface area (Å²) in [6, 6.07) is 8.74. The molecule has 1 aromatic heterocycles. The molecule has 1 aromatic carbocycles. The Bertz CT molecular complexity index is 769. The number of thiophene rings is 1. The number of carbonyl (C=O) groups excluding carboxylic acids is 2. The fraction of sp³-hybridized carbons (Fsp3) is 0.188. The van der Waals surface area contributed by atoms with Gasteiger partial charge < -0.3 is 4.74 Å². The van der Waals surface area contributed by atoms with Crippen LogP contribution in [0.25, 0.3) is 0 Å². The van der Waals surface area contributed by atoms with Crippen molar-refractivity contribution in [2.75, 3.05) is 7.11 Å². The molecule has 1 N–H and O–H groups in total. The normalized spacial score (nSPS) is 11.9. The number of rotatable bonds is 6. The number of benzene rings is 1. The van der Waals surface area contributed by atoms with Gasteiger partial charge >= 0.3 is 6.18 Å². The van der Waals surface area contributed by atoms with Crippen LogP contribution in [-0.4, -0.2) is 30.7 Å². The van der Waals surface area contributed by atoms with E-state index < -0.39 is 30.0 Å². The number of methoxy groups -OCH3 is 1. The van der Waals surface area contributed by atoms with E-state index >= 15 is 0 Å². The Morgan fingerprint density at radius 3 is 2.40 bits per heavy atom. The summed E-state index contributed by atoms with van der Waals surface area (Å²) in [6.45, 7) is 0.